The van der Waals surface area contributed by atoms with E-state index in [0.29, 0.717) is 6.54 Å². The summed E-state index contributed by atoms with van der Waals surface area (Å²) in [5.41, 5.74) is 5.14. The number of carbonyl (C=O) groups excluding carboxylic acids is 2. The summed E-state index contributed by atoms with van der Waals surface area (Å²) in [6, 6.07) is 5.62. The molecule has 0 saturated heterocycles. The van der Waals surface area contributed by atoms with Gasteiger partial charge in [0.25, 0.3) is 0 Å². The first-order chi connectivity index (χ1) is 11.4. The molecule has 7 heteroatoms. The lowest BCUT2D eigenvalue weighted by Gasteiger charge is -2.07. The molecule has 2 heterocycles. The Hall–Kier alpha value is -2.83. The Morgan fingerprint density at radius 2 is 2.08 bits per heavy atom. The van der Waals surface area contributed by atoms with E-state index < -0.39 is 11.8 Å². The van der Waals surface area contributed by atoms with Gasteiger partial charge in [0.1, 0.15) is 5.76 Å². The summed E-state index contributed by atoms with van der Waals surface area (Å²) in [5.74, 6) is -0.631. The Labute approximate surface area is 140 Å². The van der Waals surface area contributed by atoms with E-state index in [1.54, 1.807) is 20.1 Å². The lowest BCUT2D eigenvalue weighted by atomic mass is 10.3. The molecule has 0 bridgehead atoms. The van der Waals surface area contributed by atoms with E-state index in [2.05, 4.69) is 20.4 Å². The summed E-state index contributed by atoms with van der Waals surface area (Å²) in [6.45, 7) is 8.14. The number of hydrogen-bond acceptors (Lipinski definition) is 4. The van der Waals surface area contributed by atoms with Crippen LogP contribution >= 0.6 is 0 Å². The largest absolute Gasteiger partial charge is 0.467 e. The third-order valence-electron chi connectivity index (χ3n) is 3.50. The summed E-state index contributed by atoms with van der Waals surface area (Å²) < 4.78 is 7.46. The van der Waals surface area contributed by atoms with Gasteiger partial charge in [0.05, 0.1) is 19.0 Å². The lowest BCUT2D eigenvalue weighted by molar-refractivity contribution is -0.139. The van der Waals surface area contributed by atoms with Gasteiger partial charge in [-0.25, -0.2) is 5.43 Å². The van der Waals surface area contributed by atoms with Crippen molar-refractivity contribution < 1.29 is 14.0 Å². The molecule has 2 rings (SSSR count). The molecule has 7 nitrogen and oxygen atoms in total. The van der Waals surface area contributed by atoms with Crippen molar-refractivity contribution in [1.82, 2.24) is 15.3 Å². The van der Waals surface area contributed by atoms with E-state index in [-0.39, 0.29) is 6.04 Å². The Morgan fingerprint density at radius 3 is 2.71 bits per heavy atom. The normalized spacial score (nSPS) is 11.2. The minimum atomic E-state index is -0.788. The molecule has 2 aromatic heterocycles. The summed E-state index contributed by atoms with van der Waals surface area (Å²) in [7, 11) is 0. The number of hydrogen-bond donors (Lipinski definition) is 2. The van der Waals surface area contributed by atoms with Gasteiger partial charge in [-0.3, -0.25) is 9.59 Å². The van der Waals surface area contributed by atoms with Crippen LogP contribution < -0.4 is 10.7 Å². The SMILES string of the molecule is Cc1cc(/C=N\NC(=O)C(=O)NC(C)C)c(C)n1Cc1ccco1. The molecule has 2 aromatic rings. The number of aryl methyl sites for hydroxylation is 1. The van der Waals surface area contributed by atoms with Crippen molar-refractivity contribution in [3.8, 4) is 0 Å². The number of amides is 2. The van der Waals surface area contributed by atoms with Gasteiger partial charge < -0.3 is 14.3 Å². The van der Waals surface area contributed by atoms with Crippen LogP contribution in [-0.2, 0) is 16.1 Å². The zero-order valence-corrected chi connectivity index (χ0v) is 14.3. The molecule has 0 spiro atoms. The maximum Gasteiger partial charge on any atom is 0.329 e. The van der Waals surface area contributed by atoms with Gasteiger partial charge in [0.2, 0.25) is 0 Å². The first-order valence-electron chi connectivity index (χ1n) is 7.71. The number of carbonyl (C=O) groups is 2. The molecular weight excluding hydrogens is 308 g/mol. The van der Waals surface area contributed by atoms with Crippen LogP contribution in [0.5, 0.6) is 0 Å². The molecule has 2 amide bonds. The fraction of sp³-hybridized carbons (Fsp3) is 0.353. The third-order valence-corrected chi connectivity index (χ3v) is 3.50. The van der Waals surface area contributed by atoms with Crippen molar-refractivity contribution in [2.75, 3.05) is 0 Å². The Kier molecular flexibility index (Phi) is 5.57. The zero-order valence-electron chi connectivity index (χ0n) is 14.3. The maximum atomic E-state index is 11.6. The van der Waals surface area contributed by atoms with Gasteiger partial charge in [-0.1, -0.05) is 0 Å². The van der Waals surface area contributed by atoms with Crippen LogP contribution in [0.15, 0.2) is 34.0 Å². The quantitative estimate of drug-likeness (QED) is 0.497. The van der Waals surface area contributed by atoms with Crippen LogP contribution in [0.4, 0.5) is 0 Å². The number of hydrazone groups is 1. The number of furan rings is 1. The Morgan fingerprint density at radius 1 is 1.33 bits per heavy atom. The van der Waals surface area contributed by atoms with E-state index in [9.17, 15) is 9.59 Å². The van der Waals surface area contributed by atoms with Crippen molar-refractivity contribution in [3.05, 3.63) is 47.2 Å². The summed E-state index contributed by atoms with van der Waals surface area (Å²) >= 11 is 0. The van der Waals surface area contributed by atoms with E-state index in [0.717, 1.165) is 22.7 Å². The molecule has 0 fully saturated rings. The highest BCUT2D eigenvalue weighted by Crippen LogP contribution is 2.15. The van der Waals surface area contributed by atoms with Crippen molar-refractivity contribution in [2.24, 2.45) is 5.10 Å². The zero-order chi connectivity index (χ0) is 17.7. The monoisotopic (exact) mass is 330 g/mol. The predicted octanol–water partition coefficient (Wildman–Crippen LogP) is 1.72. The second-order valence-corrected chi connectivity index (χ2v) is 5.82. The molecule has 0 unspecified atom stereocenters. The highest BCUT2D eigenvalue weighted by molar-refractivity contribution is 6.35. The Balaban J connectivity index is 2.02. The number of rotatable bonds is 5. The maximum absolute atomic E-state index is 11.6. The van der Waals surface area contributed by atoms with Crippen LogP contribution in [-0.4, -0.2) is 28.6 Å². The molecular formula is C17H22N4O3. The molecule has 0 aliphatic heterocycles. The van der Waals surface area contributed by atoms with Crippen LogP contribution in [0.3, 0.4) is 0 Å². The van der Waals surface area contributed by atoms with E-state index in [1.807, 2.05) is 32.0 Å². The molecule has 0 saturated carbocycles. The van der Waals surface area contributed by atoms with Crippen molar-refractivity contribution >= 4 is 18.0 Å². The van der Waals surface area contributed by atoms with Gasteiger partial charge in [-0.2, -0.15) is 5.10 Å². The second-order valence-electron chi connectivity index (χ2n) is 5.82. The smallest absolute Gasteiger partial charge is 0.329 e. The van der Waals surface area contributed by atoms with Gasteiger partial charge >= 0.3 is 11.8 Å². The molecule has 0 atom stereocenters. The number of nitrogens with zero attached hydrogens (tertiary/aromatic N) is 2. The molecule has 0 aromatic carbocycles. The summed E-state index contributed by atoms with van der Waals surface area (Å²) in [4.78, 5) is 23.1. The first-order valence-corrected chi connectivity index (χ1v) is 7.71. The van der Waals surface area contributed by atoms with E-state index >= 15 is 0 Å². The highest BCUT2D eigenvalue weighted by Gasteiger charge is 2.13. The van der Waals surface area contributed by atoms with Crippen LogP contribution in [0.1, 0.15) is 36.6 Å². The Bertz CT molecular complexity index is 742. The van der Waals surface area contributed by atoms with Crippen molar-refractivity contribution in [3.63, 3.8) is 0 Å². The molecule has 24 heavy (non-hydrogen) atoms. The van der Waals surface area contributed by atoms with Crippen LogP contribution in [0, 0.1) is 13.8 Å². The fourth-order valence-corrected chi connectivity index (χ4v) is 2.30. The average molecular weight is 330 g/mol. The predicted molar refractivity (Wildman–Crippen MR) is 90.7 cm³/mol. The lowest BCUT2D eigenvalue weighted by Crippen LogP contribution is -2.41. The van der Waals surface area contributed by atoms with Crippen LogP contribution in [0.2, 0.25) is 0 Å². The summed E-state index contributed by atoms with van der Waals surface area (Å²) in [5, 5.41) is 6.36. The second kappa shape index (κ2) is 7.63. The standard InChI is InChI=1S/C17H22N4O3/c1-11(2)19-16(22)17(23)20-18-9-14-8-12(3)21(13(14)4)10-15-6-5-7-24-15/h5-9,11H,10H2,1-4H3,(H,19,22)(H,20,23)/b18-9-. The van der Waals surface area contributed by atoms with Crippen molar-refractivity contribution in [2.45, 2.75) is 40.3 Å². The van der Waals surface area contributed by atoms with Gasteiger partial charge in [0, 0.05) is 23.0 Å². The molecule has 0 radical (unpaired) electrons. The number of aromatic nitrogens is 1. The van der Waals surface area contributed by atoms with E-state index in [1.165, 1.54) is 6.21 Å². The molecule has 0 aliphatic rings. The summed E-state index contributed by atoms with van der Waals surface area (Å²) in [6.07, 6.45) is 3.17. The number of nitrogens with one attached hydrogen (secondary N) is 2. The first kappa shape index (κ1) is 17.5. The average Bonchev–Trinajstić information content (AvgIpc) is 3.11. The minimum absolute atomic E-state index is 0.104. The van der Waals surface area contributed by atoms with Gasteiger partial charge in [-0.05, 0) is 45.9 Å². The van der Waals surface area contributed by atoms with E-state index in [4.69, 9.17) is 4.42 Å². The molecule has 0 aliphatic carbocycles. The van der Waals surface area contributed by atoms with Crippen molar-refractivity contribution in [1.29, 1.82) is 0 Å². The van der Waals surface area contributed by atoms with Crippen LogP contribution in [0.25, 0.3) is 0 Å². The molecule has 128 valence electrons. The van der Waals surface area contributed by atoms with Gasteiger partial charge in [-0.15, -0.1) is 0 Å². The third kappa shape index (κ3) is 4.34. The fourth-order valence-electron chi connectivity index (χ4n) is 2.30. The minimum Gasteiger partial charge on any atom is -0.467 e. The highest BCUT2D eigenvalue weighted by atomic mass is 16.3. The topological polar surface area (TPSA) is 88.6 Å². The molecule has 2 N–H and O–H groups in total. The van der Waals surface area contributed by atoms with Gasteiger partial charge in [0.15, 0.2) is 0 Å².